The summed E-state index contributed by atoms with van der Waals surface area (Å²) < 4.78 is 5.39. The molecule has 0 unspecified atom stereocenters. The van der Waals surface area contributed by atoms with Crippen molar-refractivity contribution in [2.24, 2.45) is 0 Å². The zero-order valence-electron chi connectivity index (χ0n) is 17.7. The number of aromatic nitrogens is 5. The van der Waals surface area contributed by atoms with Crippen molar-refractivity contribution in [3.8, 4) is 0 Å². The van der Waals surface area contributed by atoms with Crippen LogP contribution in [0.25, 0.3) is 11.0 Å². The molecule has 4 aromatic rings. The summed E-state index contributed by atoms with van der Waals surface area (Å²) in [4.78, 5) is 26.9. The van der Waals surface area contributed by atoms with Gasteiger partial charge < -0.3 is 20.4 Å². The van der Waals surface area contributed by atoms with E-state index in [0.29, 0.717) is 22.9 Å². The monoisotopic (exact) mass is 432 g/mol. The fraction of sp³-hybridized carbons (Fsp3) is 0.273. The molecule has 3 aromatic heterocycles. The maximum Gasteiger partial charge on any atom is 0.275 e. The predicted molar refractivity (Wildman–Crippen MR) is 121 cm³/mol. The number of aromatic amines is 2. The van der Waals surface area contributed by atoms with Crippen molar-refractivity contribution in [3.05, 3.63) is 59.8 Å². The Morgan fingerprint density at radius 2 is 2.00 bits per heavy atom. The van der Waals surface area contributed by atoms with Crippen LogP contribution in [0.15, 0.2) is 42.9 Å². The lowest BCUT2D eigenvalue weighted by atomic mass is 10.2. The van der Waals surface area contributed by atoms with Gasteiger partial charge in [-0.2, -0.15) is 5.10 Å². The van der Waals surface area contributed by atoms with E-state index in [2.05, 4.69) is 40.7 Å². The number of rotatable bonds is 6. The molecule has 164 valence electrons. The highest BCUT2D eigenvalue weighted by atomic mass is 16.5. The van der Waals surface area contributed by atoms with E-state index >= 15 is 0 Å². The van der Waals surface area contributed by atoms with Crippen molar-refractivity contribution in [2.45, 2.75) is 13.5 Å². The van der Waals surface area contributed by atoms with Gasteiger partial charge >= 0.3 is 0 Å². The highest BCUT2D eigenvalue weighted by Gasteiger charge is 2.17. The Morgan fingerprint density at radius 3 is 2.81 bits per heavy atom. The van der Waals surface area contributed by atoms with Crippen LogP contribution in [-0.2, 0) is 11.3 Å². The van der Waals surface area contributed by atoms with E-state index in [1.165, 1.54) is 11.9 Å². The summed E-state index contributed by atoms with van der Waals surface area (Å²) in [6.45, 7) is 6.26. The second kappa shape index (κ2) is 8.77. The first-order valence-corrected chi connectivity index (χ1v) is 10.5. The number of benzene rings is 1. The maximum atomic E-state index is 12.9. The Morgan fingerprint density at radius 1 is 1.19 bits per heavy atom. The number of amides is 1. The van der Waals surface area contributed by atoms with Gasteiger partial charge in [0.2, 0.25) is 0 Å². The van der Waals surface area contributed by atoms with E-state index in [-0.39, 0.29) is 5.91 Å². The molecule has 1 fully saturated rings. The topological polar surface area (TPSA) is 124 Å². The molecule has 5 rings (SSSR count). The van der Waals surface area contributed by atoms with Crippen LogP contribution in [0.4, 0.5) is 17.2 Å². The van der Waals surface area contributed by atoms with Gasteiger partial charge in [-0.1, -0.05) is 12.1 Å². The summed E-state index contributed by atoms with van der Waals surface area (Å²) in [5.74, 6) is 0.309. The van der Waals surface area contributed by atoms with Gasteiger partial charge in [-0.05, 0) is 30.7 Å². The van der Waals surface area contributed by atoms with Crippen LogP contribution < -0.4 is 10.6 Å². The fourth-order valence-corrected chi connectivity index (χ4v) is 3.76. The quantitative estimate of drug-likeness (QED) is 0.369. The minimum atomic E-state index is -0.290. The second-order valence-electron chi connectivity index (χ2n) is 7.76. The highest BCUT2D eigenvalue weighted by molar-refractivity contribution is 6.07. The molecule has 1 aliphatic heterocycles. The summed E-state index contributed by atoms with van der Waals surface area (Å²) >= 11 is 0. The minimum Gasteiger partial charge on any atom is -0.379 e. The Balaban J connectivity index is 1.27. The van der Waals surface area contributed by atoms with Crippen LogP contribution in [0.2, 0.25) is 0 Å². The molecule has 0 saturated carbocycles. The first-order chi connectivity index (χ1) is 15.7. The lowest BCUT2D eigenvalue weighted by Crippen LogP contribution is -2.35. The van der Waals surface area contributed by atoms with Gasteiger partial charge in [0, 0.05) is 31.0 Å². The predicted octanol–water partition coefficient (Wildman–Crippen LogP) is 2.82. The Labute approximate surface area is 184 Å². The number of carbonyl (C=O) groups excluding carboxylic acids is 1. The first kappa shape index (κ1) is 20.2. The molecule has 1 saturated heterocycles. The van der Waals surface area contributed by atoms with Crippen molar-refractivity contribution in [3.63, 3.8) is 0 Å². The van der Waals surface area contributed by atoms with Crippen LogP contribution in [-0.4, -0.2) is 62.3 Å². The average molecular weight is 432 g/mol. The molecular formula is C22H24N8O2. The van der Waals surface area contributed by atoms with Gasteiger partial charge in [-0.15, -0.1) is 0 Å². The van der Waals surface area contributed by atoms with Gasteiger partial charge in [0.05, 0.1) is 30.5 Å². The number of H-pyrrole nitrogens is 2. The molecule has 1 aromatic carbocycles. The number of morpholine rings is 1. The molecule has 0 atom stereocenters. The Hall–Kier alpha value is -3.76. The normalized spacial score (nSPS) is 14.5. The molecule has 0 bridgehead atoms. The van der Waals surface area contributed by atoms with Crippen molar-refractivity contribution in [1.29, 1.82) is 0 Å². The number of nitrogens with zero attached hydrogens (tertiary/aromatic N) is 4. The number of aryl methyl sites for hydroxylation is 1. The largest absolute Gasteiger partial charge is 0.379 e. The van der Waals surface area contributed by atoms with Gasteiger partial charge in [0.1, 0.15) is 23.5 Å². The number of nitrogens with one attached hydrogen (secondary N) is 4. The smallest absolute Gasteiger partial charge is 0.275 e. The summed E-state index contributed by atoms with van der Waals surface area (Å²) in [6.07, 6.45) is 3.03. The average Bonchev–Trinajstić information content (AvgIpc) is 3.42. The fourth-order valence-electron chi connectivity index (χ4n) is 3.76. The number of ether oxygens (including phenoxy) is 1. The Kier molecular flexibility index (Phi) is 5.53. The van der Waals surface area contributed by atoms with Crippen LogP contribution in [0, 0.1) is 6.92 Å². The lowest BCUT2D eigenvalue weighted by Gasteiger charge is -2.26. The number of hydrogen-bond donors (Lipinski definition) is 4. The van der Waals surface area contributed by atoms with E-state index in [9.17, 15) is 4.79 Å². The highest BCUT2D eigenvalue weighted by Crippen LogP contribution is 2.25. The van der Waals surface area contributed by atoms with Crippen molar-refractivity contribution >= 4 is 34.1 Å². The maximum absolute atomic E-state index is 12.9. The third kappa shape index (κ3) is 4.32. The number of fused-ring (bicyclic) bond motifs is 1. The first-order valence-electron chi connectivity index (χ1n) is 10.5. The molecule has 0 aliphatic carbocycles. The molecule has 10 heteroatoms. The standard InChI is InChI=1S/C22H24N8O2/c1-14-10-17-20(26-14)23-13-24-21(17)28-18-11-25-29-19(18)22(31)27-16-4-2-15(3-5-16)12-30-6-8-32-9-7-30/h2-5,10-11,13H,6-9,12H2,1H3,(H,25,29)(H,27,31)(H2,23,24,26,28). The molecule has 32 heavy (non-hydrogen) atoms. The molecular weight excluding hydrogens is 408 g/mol. The Bertz CT molecular complexity index is 1220. The zero-order valence-corrected chi connectivity index (χ0v) is 17.7. The molecule has 4 N–H and O–H groups in total. The van der Waals surface area contributed by atoms with Crippen LogP contribution in [0.5, 0.6) is 0 Å². The number of carbonyl (C=O) groups is 1. The molecule has 1 aliphatic rings. The van der Waals surface area contributed by atoms with E-state index in [4.69, 9.17) is 4.74 Å². The van der Waals surface area contributed by atoms with Crippen LogP contribution in [0.3, 0.4) is 0 Å². The van der Waals surface area contributed by atoms with Crippen LogP contribution in [0.1, 0.15) is 21.7 Å². The summed E-state index contributed by atoms with van der Waals surface area (Å²) in [7, 11) is 0. The van der Waals surface area contributed by atoms with Gasteiger partial charge in [0.15, 0.2) is 0 Å². The second-order valence-corrected chi connectivity index (χ2v) is 7.76. The molecule has 10 nitrogen and oxygen atoms in total. The van der Waals surface area contributed by atoms with Crippen molar-refractivity contribution < 1.29 is 9.53 Å². The van der Waals surface area contributed by atoms with Crippen molar-refractivity contribution in [1.82, 2.24) is 30.0 Å². The van der Waals surface area contributed by atoms with E-state index in [0.717, 1.165) is 49.6 Å². The van der Waals surface area contributed by atoms with Crippen molar-refractivity contribution in [2.75, 3.05) is 36.9 Å². The lowest BCUT2D eigenvalue weighted by molar-refractivity contribution is 0.0342. The van der Waals surface area contributed by atoms with Gasteiger partial charge in [-0.3, -0.25) is 14.8 Å². The van der Waals surface area contributed by atoms with E-state index in [1.54, 1.807) is 6.20 Å². The number of anilines is 3. The molecule has 0 spiro atoms. The van der Waals surface area contributed by atoms with Gasteiger partial charge in [0.25, 0.3) is 5.91 Å². The molecule has 0 radical (unpaired) electrons. The molecule has 1 amide bonds. The molecule has 4 heterocycles. The zero-order chi connectivity index (χ0) is 21.9. The third-order valence-corrected chi connectivity index (χ3v) is 5.40. The third-order valence-electron chi connectivity index (χ3n) is 5.40. The number of hydrogen-bond acceptors (Lipinski definition) is 7. The van der Waals surface area contributed by atoms with Gasteiger partial charge in [-0.25, -0.2) is 9.97 Å². The summed E-state index contributed by atoms with van der Waals surface area (Å²) in [5, 5.41) is 13.8. The van der Waals surface area contributed by atoms with Crippen LogP contribution >= 0.6 is 0 Å². The van der Waals surface area contributed by atoms with E-state index in [1.807, 2.05) is 37.3 Å². The summed E-state index contributed by atoms with van der Waals surface area (Å²) in [6, 6.07) is 9.84. The summed E-state index contributed by atoms with van der Waals surface area (Å²) in [5.41, 5.74) is 4.47. The SMILES string of the molecule is Cc1cc2c(Nc3cn[nH]c3C(=O)Nc3ccc(CN4CCOCC4)cc3)ncnc2[nH]1. The van der Waals surface area contributed by atoms with E-state index < -0.39 is 0 Å². The minimum absolute atomic E-state index is 0.290.